The monoisotopic (exact) mass is 360 g/mol. The van der Waals surface area contributed by atoms with Gasteiger partial charge in [-0.1, -0.05) is 26.2 Å². The molecule has 1 atom stereocenters. The zero-order chi connectivity index (χ0) is 15.4. The van der Waals surface area contributed by atoms with Crippen LogP contribution in [0.25, 0.3) is 0 Å². The molecule has 0 aromatic rings. The largest absolute Gasteiger partial charge is 0.340 e. The van der Waals surface area contributed by atoms with Gasteiger partial charge in [0.15, 0.2) is 0 Å². The van der Waals surface area contributed by atoms with Crippen LogP contribution in [0.15, 0.2) is 0 Å². The van der Waals surface area contributed by atoms with Gasteiger partial charge in [0.05, 0.1) is 0 Å². The summed E-state index contributed by atoms with van der Waals surface area (Å²) in [6.07, 6.45) is 10.0. The van der Waals surface area contributed by atoms with E-state index in [1.807, 2.05) is 0 Å². The molecule has 1 saturated carbocycles. The van der Waals surface area contributed by atoms with E-state index in [9.17, 15) is 4.79 Å². The van der Waals surface area contributed by atoms with Gasteiger partial charge < -0.3 is 10.2 Å². The SMILES string of the molecule is CC(CC(=O)N1CCSC2(CCCCC2)C1)C1CCNCC1.Cl. The fraction of sp³-hybridized carbons (Fsp3) is 0.944. The number of carbonyl (C=O) groups excluding carboxylic acids is 1. The van der Waals surface area contributed by atoms with E-state index in [2.05, 4.69) is 28.9 Å². The molecule has 134 valence electrons. The average molecular weight is 361 g/mol. The maximum Gasteiger partial charge on any atom is 0.222 e. The molecule has 1 aliphatic carbocycles. The quantitative estimate of drug-likeness (QED) is 0.832. The van der Waals surface area contributed by atoms with Crippen LogP contribution in [0.2, 0.25) is 0 Å². The Balaban J connectivity index is 0.00000192. The number of nitrogens with one attached hydrogen (secondary N) is 1. The molecule has 0 radical (unpaired) electrons. The first-order valence-electron chi connectivity index (χ1n) is 9.31. The van der Waals surface area contributed by atoms with Crippen molar-refractivity contribution in [1.29, 1.82) is 0 Å². The van der Waals surface area contributed by atoms with Crippen molar-refractivity contribution in [2.24, 2.45) is 11.8 Å². The summed E-state index contributed by atoms with van der Waals surface area (Å²) < 4.78 is 0.407. The highest BCUT2D eigenvalue weighted by Crippen LogP contribution is 2.43. The molecule has 0 aromatic carbocycles. The Labute approximate surface area is 152 Å². The van der Waals surface area contributed by atoms with Gasteiger partial charge in [0.2, 0.25) is 5.91 Å². The van der Waals surface area contributed by atoms with Gasteiger partial charge in [-0.15, -0.1) is 12.4 Å². The summed E-state index contributed by atoms with van der Waals surface area (Å²) in [6, 6.07) is 0. The lowest BCUT2D eigenvalue weighted by molar-refractivity contribution is -0.133. The van der Waals surface area contributed by atoms with Gasteiger partial charge in [-0.3, -0.25) is 4.79 Å². The van der Waals surface area contributed by atoms with Gasteiger partial charge in [-0.05, 0) is 50.6 Å². The first-order chi connectivity index (χ1) is 10.7. The van der Waals surface area contributed by atoms with Crippen LogP contribution in [0, 0.1) is 11.8 Å². The maximum atomic E-state index is 12.8. The standard InChI is InChI=1S/C18H32N2OS.ClH/c1-15(16-5-9-19-10-6-16)13-17(21)20-11-12-22-18(14-20)7-3-2-4-8-18;/h15-16,19H,2-14H2,1H3;1H. The summed E-state index contributed by atoms with van der Waals surface area (Å²) in [7, 11) is 0. The highest BCUT2D eigenvalue weighted by atomic mass is 35.5. The molecule has 2 heterocycles. The zero-order valence-corrected chi connectivity index (χ0v) is 16.2. The van der Waals surface area contributed by atoms with E-state index in [0.717, 1.165) is 44.3 Å². The third kappa shape index (κ3) is 5.02. The van der Waals surface area contributed by atoms with Gasteiger partial charge in [0.25, 0.3) is 0 Å². The third-order valence-corrected chi connectivity index (χ3v) is 7.59. The van der Waals surface area contributed by atoms with Crippen molar-refractivity contribution in [2.75, 3.05) is 31.9 Å². The van der Waals surface area contributed by atoms with E-state index in [1.54, 1.807) is 0 Å². The Hall–Kier alpha value is 0.0700. The second-order valence-corrected chi connectivity index (χ2v) is 9.24. The molecule has 0 bridgehead atoms. The Kier molecular flexibility index (Phi) is 7.56. The minimum atomic E-state index is 0. The Bertz CT molecular complexity index is 376. The highest BCUT2D eigenvalue weighted by Gasteiger charge is 2.39. The second kappa shape index (κ2) is 8.96. The minimum Gasteiger partial charge on any atom is -0.340 e. The van der Waals surface area contributed by atoms with E-state index < -0.39 is 0 Å². The van der Waals surface area contributed by atoms with Gasteiger partial charge >= 0.3 is 0 Å². The number of carbonyl (C=O) groups is 1. The average Bonchev–Trinajstić information content (AvgIpc) is 2.56. The lowest BCUT2D eigenvalue weighted by Gasteiger charge is -2.45. The molecule has 3 fully saturated rings. The van der Waals surface area contributed by atoms with Gasteiger partial charge in [0.1, 0.15) is 0 Å². The van der Waals surface area contributed by atoms with Gasteiger partial charge in [-0.2, -0.15) is 11.8 Å². The Morgan fingerprint density at radius 2 is 1.96 bits per heavy atom. The molecule has 1 unspecified atom stereocenters. The van der Waals surface area contributed by atoms with E-state index in [4.69, 9.17) is 0 Å². The highest BCUT2D eigenvalue weighted by molar-refractivity contribution is 8.00. The fourth-order valence-electron chi connectivity index (χ4n) is 4.54. The number of amides is 1. The topological polar surface area (TPSA) is 32.3 Å². The van der Waals surface area contributed by atoms with Crippen molar-refractivity contribution in [3.05, 3.63) is 0 Å². The van der Waals surface area contributed by atoms with Crippen LogP contribution in [-0.4, -0.2) is 47.5 Å². The first-order valence-corrected chi connectivity index (χ1v) is 10.3. The molecule has 1 spiro atoms. The molecule has 2 aliphatic heterocycles. The molecule has 23 heavy (non-hydrogen) atoms. The molecule has 3 nitrogen and oxygen atoms in total. The number of thioether (sulfide) groups is 1. The van der Waals surface area contributed by atoms with Crippen molar-refractivity contribution in [3.63, 3.8) is 0 Å². The number of rotatable bonds is 3. The second-order valence-electron chi connectivity index (χ2n) is 7.68. The smallest absolute Gasteiger partial charge is 0.222 e. The number of halogens is 1. The lowest BCUT2D eigenvalue weighted by atomic mass is 9.83. The number of hydrogen-bond acceptors (Lipinski definition) is 3. The third-order valence-electron chi connectivity index (χ3n) is 6.05. The summed E-state index contributed by atoms with van der Waals surface area (Å²) >= 11 is 2.15. The van der Waals surface area contributed by atoms with Crippen LogP contribution in [0.5, 0.6) is 0 Å². The van der Waals surface area contributed by atoms with Gasteiger partial charge in [0, 0.05) is 30.0 Å². The van der Waals surface area contributed by atoms with E-state index in [-0.39, 0.29) is 12.4 Å². The molecule has 3 rings (SSSR count). The first kappa shape index (κ1) is 19.4. The summed E-state index contributed by atoms with van der Waals surface area (Å²) in [5, 5.41) is 3.43. The van der Waals surface area contributed by atoms with E-state index >= 15 is 0 Å². The van der Waals surface area contributed by atoms with Crippen molar-refractivity contribution in [3.8, 4) is 0 Å². The maximum absolute atomic E-state index is 12.8. The van der Waals surface area contributed by atoms with Crippen molar-refractivity contribution >= 4 is 30.1 Å². The van der Waals surface area contributed by atoms with Crippen LogP contribution in [-0.2, 0) is 4.79 Å². The molecule has 5 heteroatoms. The predicted octanol–water partition coefficient (Wildman–Crippen LogP) is 3.71. The summed E-state index contributed by atoms with van der Waals surface area (Å²) in [4.78, 5) is 15.0. The molecule has 2 saturated heterocycles. The van der Waals surface area contributed by atoms with Gasteiger partial charge in [-0.25, -0.2) is 0 Å². The molecular weight excluding hydrogens is 328 g/mol. The minimum absolute atomic E-state index is 0. The molecular formula is C18H33ClN2OS. The van der Waals surface area contributed by atoms with E-state index in [0.29, 0.717) is 16.6 Å². The van der Waals surface area contributed by atoms with E-state index in [1.165, 1.54) is 44.9 Å². The van der Waals surface area contributed by atoms with Crippen LogP contribution < -0.4 is 5.32 Å². The number of nitrogens with zero attached hydrogens (tertiary/aromatic N) is 1. The number of piperidine rings is 1. The normalized spacial score (nSPS) is 26.6. The van der Waals surface area contributed by atoms with Crippen LogP contribution in [0.1, 0.15) is 58.3 Å². The lowest BCUT2D eigenvalue weighted by Crippen LogP contribution is -2.50. The molecule has 0 aromatic heterocycles. The fourth-order valence-corrected chi connectivity index (χ4v) is 6.11. The Morgan fingerprint density at radius 3 is 2.65 bits per heavy atom. The van der Waals surface area contributed by atoms with Crippen LogP contribution >= 0.6 is 24.2 Å². The summed E-state index contributed by atoms with van der Waals surface area (Å²) in [6.45, 7) is 6.56. The van der Waals surface area contributed by atoms with Crippen LogP contribution in [0.3, 0.4) is 0 Å². The van der Waals surface area contributed by atoms with Crippen LogP contribution in [0.4, 0.5) is 0 Å². The molecule has 1 N–H and O–H groups in total. The van der Waals surface area contributed by atoms with Crippen molar-refractivity contribution in [2.45, 2.75) is 63.0 Å². The Morgan fingerprint density at radius 1 is 1.26 bits per heavy atom. The summed E-state index contributed by atoms with van der Waals surface area (Å²) in [5.74, 6) is 2.86. The van der Waals surface area contributed by atoms with Crippen molar-refractivity contribution < 1.29 is 4.79 Å². The molecule has 3 aliphatic rings. The molecule has 1 amide bonds. The zero-order valence-electron chi connectivity index (χ0n) is 14.5. The van der Waals surface area contributed by atoms with Crippen molar-refractivity contribution in [1.82, 2.24) is 10.2 Å². The predicted molar refractivity (Wildman–Crippen MR) is 101 cm³/mol. The number of hydrogen-bond donors (Lipinski definition) is 1. The summed E-state index contributed by atoms with van der Waals surface area (Å²) in [5.41, 5.74) is 0.